The number of thiophene rings is 1. The van der Waals surface area contributed by atoms with Gasteiger partial charge in [-0.25, -0.2) is 4.98 Å². The zero-order valence-corrected chi connectivity index (χ0v) is 20.4. The van der Waals surface area contributed by atoms with Gasteiger partial charge in [-0.15, -0.1) is 11.3 Å². The molecule has 0 aliphatic carbocycles. The Hall–Kier alpha value is -1.98. The molecule has 1 unspecified atom stereocenters. The maximum Gasteiger partial charge on any atom is 0.213 e. The Balaban J connectivity index is 1.44. The van der Waals surface area contributed by atoms with Crippen molar-refractivity contribution < 1.29 is 9.47 Å². The lowest BCUT2D eigenvalue weighted by atomic mass is 9.73. The Morgan fingerprint density at radius 1 is 1.16 bits per heavy atom. The largest absolute Gasteiger partial charge is 0.471 e. The van der Waals surface area contributed by atoms with E-state index in [0.29, 0.717) is 18.4 Å². The molecule has 0 radical (unpaired) electrons. The number of hydrogen-bond acceptors (Lipinski definition) is 7. The molecule has 32 heavy (non-hydrogen) atoms. The number of nitrogens with zero attached hydrogens (tertiary/aromatic N) is 4. The average Bonchev–Trinajstić information content (AvgIpc) is 3.34. The molecular weight excluding hydrogens is 420 g/mol. The van der Waals surface area contributed by atoms with Crippen molar-refractivity contribution in [3.63, 3.8) is 0 Å². The first kappa shape index (κ1) is 24.7. The lowest BCUT2D eigenvalue weighted by Crippen LogP contribution is -2.50. The highest BCUT2D eigenvalue weighted by atomic mass is 32.1. The maximum atomic E-state index is 10.0. The minimum Gasteiger partial charge on any atom is -0.471 e. The van der Waals surface area contributed by atoms with Gasteiger partial charge in [0.25, 0.3) is 0 Å². The van der Waals surface area contributed by atoms with Gasteiger partial charge in [0.05, 0.1) is 18.1 Å². The molecule has 0 bridgehead atoms. The minimum absolute atomic E-state index is 0.0328. The molecule has 3 rings (SSSR count). The van der Waals surface area contributed by atoms with Crippen LogP contribution >= 0.6 is 11.3 Å². The average molecular weight is 457 g/mol. The molecule has 3 heterocycles. The summed E-state index contributed by atoms with van der Waals surface area (Å²) in [4.78, 5) is 10.4. The zero-order chi connectivity index (χ0) is 22.8. The molecule has 174 valence electrons. The van der Waals surface area contributed by atoms with Crippen LogP contribution < -0.4 is 4.74 Å². The normalized spacial score (nSPS) is 18.2. The van der Waals surface area contributed by atoms with E-state index >= 15 is 0 Å². The topological polar surface area (TPSA) is 61.6 Å². The first-order valence-corrected chi connectivity index (χ1v) is 12.4. The van der Waals surface area contributed by atoms with Crippen molar-refractivity contribution in [1.29, 1.82) is 5.26 Å². The van der Waals surface area contributed by atoms with Crippen molar-refractivity contribution in [2.24, 2.45) is 5.92 Å². The molecule has 1 saturated heterocycles. The Morgan fingerprint density at radius 3 is 2.53 bits per heavy atom. The Morgan fingerprint density at radius 2 is 1.94 bits per heavy atom. The van der Waals surface area contributed by atoms with Crippen LogP contribution in [0.4, 0.5) is 0 Å². The van der Waals surface area contributed by atoms with Crippen molar-refractivity contribution in [3.8, 4) is 11.9 Å². The smallest absolute Gasteiger partial charge is 0.213 e. The van der Waals surface area contributed by atoms with Gasteiger partial charge >= 0.3 is 0 Å². The SMILES string of the molecule is COC[C@@H](CN1CCN(CCCC(C#N)(c2cccs2)C(C)C)CC1)Oc1ccccn1. The van der Waals surface area contributed by atoms with Gasteiger partial charge in [-0.05, 0) is 42.8 Å². The van der Waals surface area contributed by atoms with Gasteiger partial charge in [0.2, 0.25) is 5.88 Å². The highest BCUT2D eigenvalue weighted by Crippen LogP contribution is 2.39. The quantitative estimate of drug-likeness (QED) is 0.480. The third kappa shape index (κ3) is 6.52. The summed E-state index contributed by atoms with van der Waals surface area (Å²) in [6, 6.07) is 12.6. The van der Waals surface area contributed by atoms with E-state index in [-0.39, 0.29) is 11.5 Å². The van der Waals surface area contributed by atoms with Crippen LogP contribution in [0, 0.1) is 17.2 Å². The summed E-state index contributed by atoms with van der Waals surface area (Å²) in [5.74, 6) is 0.949. The van der Waals surface area contributed by atoms with E-state index in [1.54, 1.807) is 24.6 Å². The fourth-order valence-electron chi connectivity index (χ4n) is 4.43. The van der Waals surface area contributed by atoms with Gasteiger partial charge in [-0.3, -0.25) is 4.90 Å². The van der Waals surface area contributed by atoms with Crippen molar-refractivity contribution in [2.45, 2.75) is 38.2 Å². The molecule has 2 aromatic heterocycles. The summed E-state index contributed by atoms with van der Waals surface area (Å²) in [5, 5.41) is 12.1. The van der Waals surface area contributed by atoms with Crippen LogP contribution in [0.15, 0.2) is 41.9 Å². The molecule has 2 aromatic rings. The summed E-state index contributed by atoms with van der Waals surface area (Å²) < 4.78 is 11.4. The standard InChI is InChI=1S/C25H36N4O2S/c1-21(2)25(20-26,23-8-6-17-32-23)10-7-12-28-13-15-29(16-14-28)18-22(19-30-3)31-24-9-4-5-11-27-24/h4-6,8-9,11,17,21-22H,7,10,12-16,18-19H2,1-3H3/t22-,25?/m1/s1. The van der Waals surface area contributed by atoms with Gasteiger partial charge in [-0.2, -0.15) is 5.26 Å². The predicted octanol–water partition coefficient (Wildman–Crippen LogP) is 4.05. The van der Waals surface area contributed by atoms with E-state index in [1.165, 1.54) is 4.88 Å². The van der Waals surface area contributed by atoms with Crippen LogP contribution in [0.2, 0.25) is 0 Å². The zero-order valence-electron chi connectivity index (χ0n) is 19.6. The molecule has 6 nitrogen and oxygen atoms in total. The Kier molecular flexibility index (Phi) is 9.49. The van der Waals surface area contributed by atoms with Gasteiger partial charge in [0, 0.05) is 57.0 Å². The fourth-order valence-corrected chi connectivity index (χ4v) is 5.49. The molecule has 0 amide bonds. The summed E-state index contributed by atoms with van der Waals surface area (Å²) in [6.07, 6.45) is 3.67. The maximum absolute atomic E-state index is 10.0. The molecule has 0 spiro atoms. The number of rotatable bonds is 12. The third-order valence-electron chi connectivity index (χ3n) is 6.40. The highest BCUT2D eigenvalue weighted by molar-refractivity contribution is 7.10. The number of aromatic nitrogens is 1. The van der Waals surface area contributed by atoms with Crippen LogP contribution in [-0.2, 0) is 10.2 Å². The van der Waals surface area contributed by atoms with Crippen molar-refractivity contribution >= 4 is 11.3 Å². The summed E-state index contributed by atoms with van der Waals surface area (Å²) in [7, 11) is 1.71. The highest BCUT2D eigenvalue weighted by Gasteiger charge is 2.36. The van der Waals surface area contributed by atoms with E-state index in [4.69, 9.17) is 9.47 Å². The lowest BCUT2D eigenvalue weighted by Gasteiger charge is -2.37. The van der Waals surface area contributed by atoms with Crippen LogP contribution in [0.1, 0.15) is 31.6 Å². The van der Waals surface area contributed by atoms with E-state index in [1.807, 2.05) is 18.2 Å². The van der Waals surface area contributed by atoms with E-state index in [0.717, 1.165) is 52.1 Å². The fraction of sp³-hybridized carbons (Fsp3) is 0.600. The molecule has 7 heteroatoms. The van der Waals surface area contributed by atoms with E-state index in [9.17, 15) is 5.26 Å². The second-order valence-electron chi connectivity index (χ2n) is 8.82. The number of methoxy groups -OCH3 is 1. The first-order valence-electron chi connectivity index (χ1n) is 11.5. The van der Waals surface area contributed by atoms with Crippen molar-refractivity contribution in [2.75, 3.05) is 53.0 Å². The molecule has 0 aromatic carbocycles. The van der Waals surface area contributed by atoms with Gasteiger partial charge in [0.1, 0.15) is 6.10 Å². The Bertz CT molecular complexity index is 816. The predicted molar refractivity (Wildman–Crippen MR) is 129 cm³/mol. The summed E-state index contributed by atoms with van der Waals surface area (Å²) in [6.45, 7) is 10.9. The monoisotopic (exact) mass is 456 g/mol. The van der Waals surface area contributed by atoms with Gasteiger partial charge in [0.15, 0.2) is 0 Å². The van der Waals surface area contributed by atoms with Crippen molar-refractivity contribution in [3.05, 3.63) is 46.8 Å². The van der Waals surface area contributed by atoms with Crippen LogP contribution in [0.5, 0.6) is 5.88 Å². The molecule has 0 saturated carbocycles. The third-order valence-corrected chi connectivity index (χ3v) is 7.44. The van der Waals surface area contributed by atoms with Crippen LogP contribution in [0.3, 0.4) is 0 Å². The van der Waals surface area contributed by atoms with Crippen LogP contribution in [-0.4, -0.2) is 73.9 Å². The summed E-state index contributed by atoms with van der Waals surface area (Å²) in [5.41, 5.74) is -0.369. The summed E-state index contributed by atoms with van der Waals surface area (Å²) >= 11 is 1.71. The number of pyridine rings is 1. The van der Waals surface area contributed by atoms with E-state index < -0.39 is 0 Å². The van der Waals surface area contributed by atoms with E-state index in [2.05, 4.69) is 52.2 Å². The number of hydrogen-bond donors (Lipinski definition) is 0. The lowest BCUT2D eigenvalue weighted by molar-refractivity contribution is 0.0346. The van der Waals surface area contributed by atoms with Gasteiger partial charge in [-0.1, -0.05) is 26.0 Å². The number of ether oxygens (including phenoxy) is 2. The first-order chi connectivity index (χ1) is 15.6. The number of nitriles is 1. The minimum atomic E-state index is -0.369. The second-order valence-corrected chi connectivity index (χ2v) is 9.77. The molecular formula is C25H36N4O2S. The molecule has 1 aliphatic heterocycles. The number of piperazine rings is 1. The van der Waals surface area contributed by atoms with Crippen LogP contribution in [0.25, 0.3) is 0 Å². The molecule has 2 atom stereocenters. The molecule has 0 N–H and O–H groups in total. The Labute approximate surface area is 196 Å². The molecule has 1 fully saturated rings. The molecule has 1 aliphatic rings. The van der Waals surface area contributed by atoms with Gasteiger partial charge < -0.3 is 14.4 Å². The second kappa shape index (κ2) is 12.3. The van der Waals surface area contributed by atoms with Crippen molar-refractivity contribution in [1.82, 2.24) is 14.8 Å².